The van der Waals surface area contributed by atoms with Gasteiger partial charge in [-0.1, -0.05) is 228 Å². The maximum absolute atomic E-state index is 3.06. The second-order valence-electron chi connectivity index (χ2n) is 17.9. The molecule has 0 spiro atoms. The molecule has 0 aliphatic heterocycles. The number of hydrogen-bond donors (Lipinski definition) is 0. The Morgan fingerprint density at radius 3 is 0.952 bits per heavy atom. The van der Waals surface area contributed by atoms with Gasteiger partial charge in [0.25, 0.3) is 0 Å². The van der Waals surface area contributed by atoms with Crippen LogP contribution < -0.4 is 0 Å². The van der Waals surface area contributed by atoms with Crippen molar-refractivity contribution in [2.75, 3.05) is 0 Å². The van der Waals surface area contributed by atoms with Crippen molar-refractivity contribution >= 4 is 28.4 Å². The van der Waals surface area contributed by atoms with Crippen LogP contribution in [0.15, 0.2) is 146 Å². The first-order chi connectivity index (χ1) is 29.3. The van der Waals surface area contributed by atoms with Crippen LogP contribution in [0.1, 0.15) is 84.7 Å². The van der Waals surface area contributed by atoms with Gasteiger partial charge in [-0.15, -0.1) is 44.8 Å². The van der Waals surface area contributed by atoms with E-state index in [1.807, 2.05) is 0 Å². The third-order valence-corrected chi connectivity index (χ3v) is 13.3. The molecule has 0 heterocycles. The van der Waals surface area contributed by atoms with Crippen molar-refractivity contribution in [3.63, 3.8) is 0 Å². The van der Waals surface area contributed by atoms with Crippen LogP contribution in [0.2, 0.25) is 0 Å². The molecule has 2 saturated carbocycles. The molecule has 2 radical (unpaired) electrons. The first kappa shape index (κ1) is 47.1. The van der Waals surface area contributed by atoms with Crippen molar-refractivity contribution < 1.29 is 23.3 Å². The van der Waals surface area contributed by atoms with Crippen LogP contribution in [-0.2, 0) is 36.2 Å². The van der Waals surface area contributed by atoms with Crippen LogP contribution in [0.5, 0.6) is 0 Å². The van der Waals surface area contributed by atoms with Gasteiger partial charge in [-0.3, -0.25) is 0 Å². The Kier molecular flexibility index (Phi) is 16.6. The van der Waals surface area contributed by atoms with Crippen molar-refractivity contribution in [1.82, 2.24) is 0 Å². The summed E-state index contributed by atoms with van der Waals surface area (Å²) in [7, 11) is 0. The minimum atomic E-state index is 0. The van der Waals surface area contributed by atoms with Crippen LogP contribution in [0.4, 0.5) is 0 Å². The fourth-order valence-corrected chi connectivity index (χ4v) is 9.99. The maximum atomic E-state index is 3.06. The molecular weight excluding hydrogens is 840 g/mol. The predicted molar refractivity (Wildman–Crippen MR) is 270 cm³/mol. The second kappa shape index (κ2) is 21.8. The van der Waals surface area contributed by atoms with Gasteiger partial charge in [0.15, 0.2) is 0 Å². The summed E-state index contributed by atoms with van der Waals surface area (Å²) in [6.45, 7) is 11.7. The van der Waals surface area contributed by atoms with Crippen molar-refractivity contribution in [2.45, 2.75) is 91.9 Å². The van der Waals surface area contributed by atoms with Crippen molar-refractivity contribution in [2.24, 2.45) is 11.8 Å². The van der Waals surface area contributed by atoms with Gasteiger partial charge in [0.05, 0.1) is 0 Å². The molecule has 0 nitrogen and oxygen atoms in total. The molecule has 0 amide bonds. The summed E-state index contributed by atoms with van der Waals surface area (Å²) in [5, 5.41) is 5.61. The number of benzene rings is 6. The molecule has 8 aromatic carbocycles. The summed E-state index contributed by atoms with van der Waals surface area (Å²) in [6.07, 6.45) is 13.7. The van der Waals surface area contributed by atoms with Gasteiger partial charge in [-0.2, -0.15) is 12.1 Å². The Morgan fingerprint density at radius 2 is 0.661 bits per heavy atom. The van der Waals surface area contributed by atoms with E-state index in [1.54, 1.807) is 0 Å². The molecule has 62 heavy (non-hydrogen) atoms. The Labute approximate surface area is 391 Å². The van der Waals surface area contributed by atoms with E-state index in [0.29, 0.717) is 0 Å². The Morgan fingerprint density at radius 1 is 0.403 bits per heavy atom. The quantitative estimate of drug-likeness (QED) is 0.105. The van der Waals surface area contributed by atoms with Gasteiger partial charge in [-0.05, 0) is 63.5 Å². The average molecular weight is 904 g/mol. The Balaban J connectivity index is 0.000000193. The van der Waals surface area contributed by atoms with Crippen LogP contribution in [-0.4, -0.2) is 6.88 Å². The van der Waals surface area contributed by atoms with Crippen LogP contribution in [0.25, 0.3) is 66.1 Å². The van der Waals surface area contributed by atoms with Gasteiger partial charge in [-0.25, -0.2) is 0 Å². The molecule has 0 N–H and O–H groups in total. The van der Waals surface area contributed by atoms with Gasteiger partial charge in [0.2, 0.25) is 0 Å². The van der Waals surface area contributed by atoms with Crippen molar-refractivity contribution in [1.29, 1.82) is 0 Å². The Hall–Kier alpha value is -4.36. The third kappa shape index (κ3) is 10.9. The summed E-state index contributed by atoms with van der Waals surface area (Å²) >= 11 is 1.36. The van der Waals surface area contributed by atoms with E-state index in [2.05, 4.69) is 180 Å². The molecule has 2 aliphatic rings. The fraction of sp³-hybridized carbons (Fsp3) is 0.267. The second-order valence-corrected chi connectivity index (χ2v) is 17.9. The molecule has 0 aromatic heterocycles. The predicted octanol–water partition coefficient (Wildman–Crippen LogP) is 17.0. The molecular formula is C60H64SiZr-4. The van der Waals surface area contributed by atoms with E-state index >= 15 is 0 Å². The van der Waals surface area contributed by atoms with Crippen LogP contribution in [0.3, 0.4) is 0 Å². The van der Waals surface area contributed by atoms with E-state index in [4.69, 9.17) is 0 Å². The van der Waals surface area contributed by atoms with Gasteiger partial charge in [0.1, 0.15) is 0 Å². The minimum absolute atomic E-state index is 0. The standard InChI is InChI=1S/2C29H29.2CH3.Si.Zr/c2*1-20-7-11-24(12-8-20)26-15-16-27(25-13-9-21(2)10-14-25)29-19-23(18-28(26)29)17-22-5-3-4-6-22;;;;/h2*7-16,18-19,22H,3-6,17H2,1-2H3;2*1H3;;/q4*-1;;. The average Bonchev–Trinajstić information content (AvgIpc) is 4.12. The van der Waals surface area contributed by atoms with Crippen molar-refractivity contribution in [3.05, 3.63) is 194 Å². The molecule has 0 atom stereocenters. The molecule has 2 fully saturated rings. The van der Waals surface area contributed by atoms with E-state index in [0.717, 1.165) is 11.8 Å². The normalized spacial score (nSPS) is 13.8. The molecule has 0 bridgehead atoms. The molecule has 10 rings (SSSR count). The molecule has 2 aliphatic carbocycles. The summed E-state index contributed by atoms with van der Waals surface area (Å²) in [4.78, 5) is 0. The number of fused-ring (bicyclic) bond motifs is 2. The zero-order valence-electron chi connectivity index (χ0n) is 38.1. The van der Waals surface area contributed by atoms with Crippen LogP contribution in [0, 0.1) is 54.4 Å². The SMILES string of the molecule is Cc1ccc(-c2ccc(-c3ccc(C)cc3)c3[cH-]c(CC4CCCC4)cc23)cc1.Cc1ccc(-c2ccc(-c3ccc(C)cc3)c3[cH-]c(CC4CCCC4)cc23)cc1.[CH3-].[CH3-].[Si]=[Zr]. The van der Waals surface area contributed by atoms with E-state index in [1.165, 1.54) is 187 Å². The first-order valence-electron chi connectivity index (χ1n) is 22.3. The number of hydrogen-bond acceptors (Lipinski definition) is 0. The molecule has 0 unspecified atom stereocenters. The monoisotopic (exact) mass is 902 g/mol. The zero-order valence-corrected chi connectivity index (χ0v) is 41.5. The van der Waals surface area contributed by atoms with E-state index in [9.17, 15) is 0 Å². The van der Waals surface area contributed by atoms with Crippen LogP contribution >= 0.6 is 0 Å². The summed E-state index contributed by atoms with van der Waals surface area (Å²) in [5.41, 5.74) is 18.9. The third-order valence-electron chi connectivity index (χ3n) is 13.3. The van der Waals surface area contributed by atoms with E-state index < -0.39 is 0 Å². The topological polar surface area (TPSA) is 0 Å². The molecule has 0 saturated heterocycles. The molecule has 316 valence electrons. The van der Waals surface area contributed by atoms with Gasteiger partial charge < -0.3 is 14.9 Å². The van der Waals surface area contributed by atoms with E-state index in [-0.39, 0.29) is 14.9 Å². The van der Waals surface area contributed by atoms with Gasteiger partial charge >= 0.3 is 30.2 Å². The summed E-state index contributed by atoms with van der Waals surface area (Å²) in [5.74, 6) is 1.75. The van der Waals surface area contributed by atoms with Crippen molar-refractivity contribution in [3.8, 4) is 44.5 Å². The fourth-order valence-electron chi connectivity index (χ4n) is 9.99. The first-order valence-corrected chi connectivity index (χ1v) is 26.5. The molecule has 8 aromatic rings. The summed E-state index contributed by atoms with van der Waals surface area (Å²) in [6, 6.07) is 55.0. The summed E-state index contributed by atoms with van der Waals surface area (Å²) < 4.78 is 0. The van der Waals surface area contributed by atoms with Gasteiger partial charge in [0, 0.05) is 0 Å². The Bertz CT molecular complexity index is 2290. The molecule has 2 heteroatoms. The zero-order chi connectivity index (χ0) is 41.6. The number of rotatable bonds is 8. The number of aryl methyl sites for hydroxylation is 4.